The van der Waals surface area contributed by atoms with E-state index < -0.39 is 12.8 Å². The number of piperidine rings is 1. The summed E-state index contributed by atoms with van der Waals surface area (Å²) < 4.78 is 53.9. The Bertz CT molecular complexity index is 2050. The van der Waals surface area contributed by atoms with E-state index in [4.69, 9.17) is 19.4 Å². The van der Waals surface area contributed by atoms with E-state index in [1.165, 1.54) is 6.08 Å². The summed E-state index contributed by atoms with van der Waals surface area (Å²) >= 11 is 0. The number of rotatable bonds is 10. The number of aryl methyl sites for hydroxylation is 1. The monoisotopic (exact) mass is 760 g/mol. The zero-order valence-corrected chi connectivity index (χ0v) is 31.9. The molecule has 2 aromatic heterocycles. The maximum Gasteiger partial charge on any atom is 0.422 e. The molecule has 294 valence electrons. The number of H-pyrrole nitrogens is 1. The van der Waals surface area contributed by atoms with Gasteiger partial charge in [0.1, 0.15) is 11.3 Å². The summed E-state index contributed by atoms with van der Waals surface area (Å²) in [4.78, 5) is 31.6. The first-order valence-corrected chi connectivity index (χ1v) is 19.7. The minimum Gasteiger partial charge on any atom is -0.481 e. The molecule has 2 aromatic carbocycles. The van der Waals surface area contributed by atoms with Gasteiger partial charge < -0.3 is 29.1 Å². The molecule has 1 amide bonds. The Kier molecular flexibility index (Phi) is 10.4. The van der Waals surface area contributed by atoms with Gasteiger partial charge in [0.25, 0.3) is 0 Å². The van der Waals surface area contributed by atoms with Gasteiger partial charge >= 0.3 is 6.18 Å². The lowest BCUT2D eigenvalue weighted by Crippen LogP contribution is -2.61. The molecule has 4 aliphatic rings. The van der Waals surface area contributed by atoms with Crippen molar-refractivity contribution in [2.75, 3.05) is 89.0 Å². The number of benzene rings is 2. The summed E-state index contributed by atoms with van der Waals surface area (Å²) in [6.07, 6.45) is 5.01. The third kappa shape index (κ3) is 7.72. The van der Waals surface area contributed by atoms with Gasteiger partial charge in [-0.25, -0.2) is 4.98 Å². The zero-order chi connectivity index (χ0) is 38.3. The van der Waals surface area contributed by atoms with Gasteiger partial charge in [-0.15, -0.1) is 0 Å². The van der Waals surface area contributed by atoms with Crippen LogP contribution >= 0.6 is 0 Å². The quantitative estimate of drug-likeness (QED) is 0.174. The predicted molar refractivity (Wildman–Crippen MR) is 208 cm³/mol. The Hall–Kier alpha value is -4.43. The lowest BCUT2D eigenvalue weighted by molar-refractivity contribution is -0.153. The van der Waals surface area contributed by atoms with Crippen molar-refractivity contribution in [3.8, 4) is 16.9 Å². The van der Waals surface area contributed by atoms with Gasteiger partial charge in [-0.1, -0.05) is 12.6 Å². The van der Waals surface area contributed by atoms with Crippen LogP contribution in [0.15, 0.2) is 37.1 Å². The fourth-order valence-corrected chi connectivity index (χ4v) is 8.89. The van der Waals surface area contributed by atoms with Crippen molar-refractivity contribution in [2.24, 2.45) is 5.41 Å². The molecule has 4 fully saturated rings. The fraction of sp³-hybridized carbons (Fsp3) is 0.561. The van der Waals surface area contributed by atoms with E-state index in [9.17, 15) is 18.0 Å². The Morgan fingerprint density at radius 2 is 1.75 bits per heavy atom. The Morgan fingerprint density at radius 1 is 1.00 bits per heavy atom. The summed E-state index contributed by atoms with van der Waals surface area (Å²) in [5.74, 6) is 1.54. The number of hydrogen-bond acceptors (Lipinski definition) is 9. The highest BCUT2D eigenvalue weighted by Crippen LogP contribution is 2.53. The van der Waals surface area contributed by atoms with Crippen molar-refractivity contribution in [3.05, 3.63) is 48.2 Å². The predicted octanol–water partition coefficient (Wildman–Crippen LogP) is 6.85. The van der Waals surface area contributed by atoms with Crippen LogP contribution in [0, 0.1) is 12.3 Å². The molecule has 0 atom stereocenters. The number of nitrogens with one attached hydrogen (secondary N) is 1. The number of fused-ring (bicyclic) bond motifs is 2. The maximum atomic E-state index is 14.2. The van der Waals surface area contributed by atoms with E-state index in [2.05, 4.69) is 37.5 Å². The fourth-order valence-electron chi connectivity index (χ4n) is 8.89. The van der Waals surface area contributed by atoms with Crippen LogP contribution in [-0.2, 0) is 9.53 Å². The molecule has 0 bridgehead atoms. The molecular weight excluding hydrogens is 709 g/mol. The van der Waals surface area contributed by atoms with Crippen LogP contribution in [0.4, 0.5) is 24.9 Å². The maximum absolute atomic E-state index is 14.2. The van der Waals surface area contributed by atoms with Gasteiger partial charge in [-0.05, 0) is 106 Å². The highest BCUT2D eigenvalue weighted by molar-refractivity contribution is 6.06. The van der Waals surface area contributed by atoms with Gasteiger partial charge in [0, 0.05) is 74.7 Å². The van der Waals surface area contributed by atoms with Crippen LogP contribution in [0.25, 0.3) is 32.9 Å². The van der Waals surface area contributed by atoms with Crippen LogP contribution in [0.1, 0.15) is 62.0 Å². The Balaban J connectivity index is 1.27. The van der Waals surface area contributed by atoms with Crippen molar-refractivity contribution in [2.45, 2.75) is 64.0 Å². The number of nitrogens with zero attached hydrogens (tertiary/aromatic N) is 7. The number of carbonyl (C=O) groups excluding carboxylic acids is 1. The van der Waals surface area contributed by atoms with Gasteiger partial charge in [-0.2, -0.15) is 23.3 Å². The largest absolute Gasteiger partial charge is 0.481 e. The topological polar surface area (TPSA) is 103 Å². The van der Waals surface area contributed by atoms with Gasteiger partial charge in [0.05, 0.1) is 18.3 Å². The molecule has 0 unspecified atom stereocenters. The van der Waals surface area contributed by atoms with Crippen molar-refractivity contribution >= 4 is 39.5 Å². The average Bonchev–Trinajstić information content (AvgIpc) is 3.87. The normalized spacial score (nSPS) is 19.7. The minimum absolute atomic E-state index is 0.0403. The smallest absolute Gasteiger partial charge is 0.422 e. The summed E-state index contributed by atoms with van der Waals surface area (Å²) in [5, 5.41) is 8.91. The second kappa shape index (κ2) is 15.2. The third-order valence-electron chi connectivity index (χ3n) is 12.0. The molecule has 1 aliphatic carbocycles. The average molecular weight is 761 g/mol. The Labute approximate surface area is 319 Å². The number of aromatic nitrogens is 4. The molecule has 3 aliphatic heterocycles. The molecule has 5 heterocycles. The highest BCUT2D eigenvalue weighted by Gasteiger charge is 2.46. The standard InChI is InChI=1S/C41H51F3N8O3/c1-4-33(53)52-24-40(25-52)12-18-50(19-13-40)38-30-22-29(28-9-10-28)35(34-27(2)8-11-32-31(34)23-45-48-32)37(55-26-41(42,43)44)36(30)46-39(47-38)51-16-6-5-14-49(15-7-17-51)20-21-54-3/h4,8,11,22-23,28H,1,5-7,9-10,12-21,24-26H2,2-3H3,(H,45,48). The minimum atomic E-state index is -4.56. The second-order valence-corrected chi connectivity index (χ2v) is 15.9. The van der Waals surface area contributed by atoms with E-state index in [-0.39, 0.29) is 23.0 Å². The number of methoxy groups -OCH3 is 1. The molecule has 1 saturated carbocycles. The zero-order valence-electron chi connectivity index (χ0n) is 31.9. The highest BCUT2D eigenvalue weighted by atomic mass is 19.4. The molecule has 1 N–H and O–H groups in total. The lowest BCUT2D eigenvalue weighted by atomic mass is 9.72. The number of hydrogen-bond donors (Lipinski definition) is 1. The van der Waals surface area contributed by atoms with Crippen molar-refractivity contribution in [1.29, 1.82) is 0 Å². The van der Waals surface area contributed by atoms with Gasteiger partial charge in [-0.3, -0.25) is 9.89 Å². The number of anilines is 2. The first-order chi connectivity index (χ1) is 26.6. The number of halogens is 3. The molecule has 55 heavy (non-hydrogen) atoms. The van der Waals surface area contributed by atoms with E-state index in [0.29, 0.717) is 61.7 Å². The molecule has 3 saturated heterocycles. The summed E-state index contributed by atoms with van der Waals surface area (Å²) in [7, 11) is 1.72. The van der Waals surface area contributed by atoms with Gasteiger partial charge in [0.15, 0.2) is 12.4 Å². The van der Waals surface area contributed by atoms with Crippen molar-refractivity contribution in [3.63, 3.8) is 0 Å². The van der Waals surface area contributed by atoms with Crippen LogP contribution in [0.2, 0.25) is 0 Å². The lowest BCUT2D eigenvalue weighted by Gasteiger charge is -2.54. The molecular formula is C41H51F3N8O3. The SMILES string of the molecule is C=CC(=O)N1CC2(CCN(c3nc(N4CCCCN(CCOC)CCC4)nc4c(OCC(F)(F)F)c(-c5c(C)ccc6[nH]ncc56)c(C5CC5)cc34)CC2)C1. The van der Waals surface area contributed by atoms with Crippen LogP contribution in [0.3, 0.4) is 0 Å². The molecule has 0 radical (unpaired) electrons. The first-order valence-electron chi connectivity index (χ1n) is 19.7. The molecule has 8 rings (SSSR count). The number of amides is 1. The van der Waals surface area contributed by atoms with Crippen molar-refractivity contribution in [1.82, 2.24) is 30.0 Å². The number of likely N-dealkylation sites (tertiary alicyclic amines) is 1. The summed E-state index contributed by atoms with van der Waals surface area (Å²) in [6.45, 7) is 11.9. The van der Waals surface area contributed by atoms with Crippen LogP contribution in [-0.4, -0.2) is 121 Å². The van der Waals surface area contributed by atoms with Crippen LogP contribution in [0.5, 0.6) is 5.75 Å². The van der Waals surface area contributed by atoms with E-state index in [0.717, 1.165) is 105 Å². The summed E-state index contributed by atoms with van der Waals surface area (Å²) in [6, 6.07) is 6.07. The van der Waals surface area contributed by atoms with Crippen molar-refractivity contribution < 1.29 is 27.4 Å². The second-order valence-electron chi connectivity index (χ2n) is 15.9. The third-order valence-corrected chi connectivity index (χ3v) is 12.0. The number of alkyl halides is 3. The molecule has 14 heteroatoms. The van der Waals surface area contributed by atoms with Gasteiger partial charge in [0.2, 0.25) is 11.9 Å². The van der Waals surface area contributed by atoms with E-state index >= 15 is 0 Å². The molecule has 1 spiro atoms. The first kappa shape index (κ1) is 37.5. The van der Waals surface area contributed by atoms with E-state index in [1.54, 1.807) is 13.3 Å². The van der Waals surface area contributed by atoms with Crippen LogP contribution < -0.4 is 14.5 Å². The number of ether oxygens (including phenoxy) is 2. The Morgan fingerprint density at radius 3 is 2.47 bits per heavy atom. The number of carbonyl (C=O) groups is 1. The van der Waals surface area contributed by atoms with E-state index in [1.807, 2.05) is 24.0 Å². The number of aromatic amines is 1. The summed E-state index contributed by atoms with van der Waals surface area (Å²) in [5.41, 5.74) is 4.61. The molecule has 4 aromatic rings. The molecule has 11 nitrogen and oxygen atoms in total.